The SMILES string of the molecule is COc1ccc2oc(NC(=O)C(C)C)nc2c1. The van der Waals surface area contributed by atoms with Gasteiger partial charge < -0.3 is 9.15 Å². The summed E-state index contributed by atoms with van der Waals surface area (Å²) in [6.45, 7) is 3.61. The number of nitrogens with zero attached hydrogens (tertiary/aromatic N) is 1. The standard InChI is InChI=1S/C12H14N2O3/c1-7(2)11(15)14-12-13-9-6-8(16-3)4-5-10(9)17-12/h4-7H,1-3H3,(H,13,14,15). The van der Waals surface area contributed by atoms with E-state index in [0.29, 0.717) is 16.8 Å². The number of oxazole rings is 1. The summed E-state index contributed by atoms with van der Waals surface area (Å²) < 4.78 is 10.5. The first-order valence-corrected chi connectivity index (χ1v) is 5.35. The number of benzene rings is 1. The van der Waals surface area contributed by atoms with Crippen molar-refractivity contribution >= 4 is 23.0 Å². The zero-order chi connectivity index (χ0) is 12.4. The van der Waals surface area contributed by atoms with Gasteiger partial charge >= 0.3 is 6.01 Å². The number of nitrogens with one attached hydrogen (secondary N) is 1. The van der Waals surface area contributed by atoms with E-state index in [-0.39, 0.29) is 17.8 Å². The number of anilines is 1. The van der Waals surface area contributed by atoms with Gasteiger partial charge in [0, 0.05) is 12.0 Å². The average Bonchev–Trinajstić information content (AvgIpc) is 2.69. The van der Waals surface area contributed by atoms with Crippen molar-refractivity contribution in [1.82, 2.24) is 4.98 Å². The van der Waals surface area contributed by atoms with Gasteiger partial charge in [-0.3, -0.25) is 10.1 Å². The first-order chi connectivity index (χ1) is 8.10. The molecule has 0 saturated carbocycles. The van der Waals surface area contributed by atoms with Gasteiger partial charge in [0.25, 0.3) is 0 Å². The number of aromatic nitrogens is 1. The number of rotatable bonds is 3. The summed E-state index contributed by atoms with van der Waals surface area (Å²) in [5.41, 5.74) is 1.27. The van der Waals surface area contributed by atoms with Crippen molar-refractivity contribution in [2.75, 3.05) is 12.4 Å². The fourth-order valence-corrected chi connectivity index (χ4v) is 1.34. The van der Waals surface area contributed by atoms with Crippen LogP contribution in [0.4, 0.5) is 6.01 Å². The Morgan fingerprint density at radius 2 is 2.24 bits per heavy atom. The lowest BCUT2D eigenvalue weighted by atomic mass is 10.2. The van der Waals surface area contributed by atoms with Crippen LogP contribution in [0.3, 0.4) is 0 Å². The number of carbonyl (C=O) groups is 1. The maximum absolute atomic E-state index is 11.5. The third-order valence-electron chi connectivity index (χ3n) is 2.35. The third-order valence-corrected chi connectivity index (χ3v) is 2.35. The van der Waals surface area contributed by atoms with Crippen molar-refractivity contribution in [3.05, 3.63) is 18.2 Å². The van der Waals surface area contributed by atoms with Gasteiger partial charge in [-0.05, 0) is 12.1 Å². The molecule has 0 atom stereocenters. The van der Waals surface area contributed by atoms with Crippen molar-refractivity contribution in [1.29, 1.82) is 0 Å². The molecule has 0 saturated heterocycles. The number of hydrogen-bond donors (Lipinski definition) is 1. The highest BCUT2D eigenvalue weighted by atomic mass is 16.5. The number of fused-ring (bicyclic) bond motifs is 1. The summed E-state index contributed by atoms with van der Waals surface area (Å²) in [5.74, 6) is 0.468. The summed E-state index contributed by atoms with van der Waals surface area (Å²) in [6, 6.07) is 5.50. The minimum Gasteiger partial charge on any atom is -0.497 e. The van der Waals surface area contributed by atoms with Gasteiger partial charge in [0.05, 0.1) is 7.11 Å². The van der Waals surface area contributed by atoms with Crippen molar-refractivity contribution < 1.29 is 13.9 Å². The Hall–Kier alpha value is -2.04. The Kier molecular flexibility index (Phi) is 2.99. The van der Waals surface area contributed by atoms with E-state index in [1.165, 1.54) is 0 Å². The third kappa shape index (κ3) is 2.38. The molecule has 1 heterocycles. The summed E-state index contributed by atoms with van der Waals surface area (Å²) in [7, 11) is 1.59. The Bertz CT molecular complexity index is 546. The predicted molar refractivity (Wildman–Crippen MR) is 64.0 cm³/mol. The largest absolute Gasteiger partial charge is 0.497 e. The molecular formula is C12H14N2O3. The molecule has 0 bridgehead atoms. The maximum atomic E-state index is 11.5. The van der Waals surface area contributed by atoms with Crippen LogP contribution in [0.2, 0.25) is 0 Å². The van der Waals surface area contributed by atoms with Gasteiger partial charge in [-0.25, -0.2) is 0 Å². The smallest absolute Gasteiger partial charge is 0.302 e. The second-order valence-electron chi connectivity index (χ2n) is 4.00. The van der Waals surface area contributed by atoms with Crippen molar-refractivity contribution in [3.8, 4) is 5.75 Å². The second kappa shape index (κ2) is 4.45. The average molecular weight is 234 g/mol. The highest BCUT2D eigenvalue weighted by Crippen LogP contribution is 2.23. The van der Waals surface area contributed by atoms with Gasteiger partial charge in [0.1, 0.15) is 11.3 Å². The molecular weight excluding hydrogens is 220 g/mol. The number of hydrogen-bond acceptors (Lipinski definition) is 4. The van der Waals surface area contributed by atoms with Crippen molar-refractivity contribution in [3.63, 3.8) is 0 Å². The molecule has 0 aliphatic carbocycles. The summed E-state index contributed by atoms with van der Waals surface area (Å²) in [4.78, 5) is 15.6. The predicted octanol–water partition coefficient (Wildman–Crippen LogP) is 2.43. The van der Waals surface area contributed by atoms with E-state index in [0.717, 1.165) is 0 Å². The summed E-state index contributed by atoms with van der Waals surface area (Å²) in [5, 5.41) is 2.61. The second-order valence-corrected chi connectivity index (χ2v) is 4.00. The van der Waals surface area contributed by atoms with Gasteiger partial charge in [0.15, 0.2) is 5.58 Å². The number of ether oxygens (including phenoxy) is 1. The molecule has 1 N–H and O–H groups in total. The van der Waals surface area contributed by atoms with E-state index in [1.807, 2.05) is 0 Å². The highest BCUT2D eigenvalue weighted by molar-refractivity contribution is 5.91. The first-order valence-electron chi connectivity index (χ1n) is 5.35. The number of carbonyl (C=O) groups excluding carboxylic acids is 1. The molecule has 0 unspecified atom stereocenters. The van der Waals surface area contributed by atoms with E-state index in [4.69, 9.17) is 9.15 Å². The van der Waals surface area contributed by atoms with Gasteiger partial charge in [-0.1, -0.05) is 13.8 Å². The Morgan fingerprint density at radius 3 is 2.88 bits per heavy atom. The number of methoxy groups -OCH3 is 1. The number of amides is 1. The van der Waals surface area contributed by atoms with Gasteiger partial charge in [0.2, 0.25) is 5.91 Å². The van der Waals surface area contributed by atoms with E-state index in [1.54, 1.807) is 39.2 Å². The van der Waals surface area contributed by atoms with Crippen LogP contribution in [-0.4, -0.2) is 18.0 Å². The molecule has 2 rings (SSSR count). The first kappa shape index (κ1) is 11.4. The van der Waals surface area contributed by atoms with Gasteiger partial charge in [-0.15, -0.1) is 0 Å². The van der Waals surface area contributed by atoms with Crippen LogP contribution in [0, 0.1) is 5.92 Å². The van der Waals surface area contributed by atoms with Crippen LogP contribution in [0.1, 0.15) is 13.8 Å². The molecule has 17 heavy (non-hydrogen) atoms. The Labute approximate surface area is 98.8 Å². The minimum absolute atomic E-state index is 0.112. The van der Waals surface area contributed by atoms with Crippen molar-refractivity contribution in [2.45, 2.75) is 13.8 Å². The molecule has 0 aliphatic heterocycles. The topological polar surface area (TPSA) is 64.4 Å². The van der Waals surface area contributed by atoms with E-state index in [9.17, 15) is 4.79 Å². The Morgan fingerprint density at radius 1 is 1.47 bits per heavy atom. The maximum Gasteiger partial charge on any atom is 0.302 e. The molecule has 2 aromatic rings. The molecule has 0 aliphatic rings. The van der Waals surface area contributed by atoms with Crippen molar-refractivity contribution in [2.24, 2.45) is 5.92 Å². The van der Waals surface area contributed by atoms with E-state index < -0.39 is 0 Å². The summed E-state index contributed by atoms with van der Waals surface area (Å²) >= 11 is 0. The quantitative estimate of drug-likeness (QED) is 0.885. The fourth-order valence-electron chi connectivity index (χ4n) is 1.34. The van der Waals surface area contributed by atoms with Crippen LogP contribution in [0.5, 0.6) is 5.75 Å². The van der Waals surface area contributed by atoms with Gasteiger partial charge in [-0.2, -0.15) is 4.98 Å². The lowest BCUT2D eigenvalue weighted by molar-refractivity contribution is -0.119. The molecule has 0 spiro atoms. The molecule has 0 radical (unpaired) electrons. The molecule has 1 amide bonds. The van der Waals surface area contributed by atoms with Crippen LogP contribution < -0.4 is 10.1 Å². The van der Waals surface area contributed by atoms with Crippen LogP contribution >= 0.6 is 0 Å². The van der Waals surface area contributed by atoms with E-state index in [2.05, 4.69) is 10.3 Å². The zero-order valence-electron chi connectivity index (χ0n) is 9.98. The molecule has 1 aromatic heterocycles. The molecule has 5 heteroatoms. The zero-order valence-corrected chi connectivity index (χ0v) is 9.98. The lowest BCUT2D eigenvalue weighted by Crippen LogP contribution is -2.17. The van der Waals surface area contributed by atoms with Crippen LogP contribution in [0.25, 0.3) is 11.1 Å². The monoisotopic (exact) mass is 234 g/mol. The Balaban J connectivity index is 2.28. The minimum atomic E-state index is -0.122. The molecule has 0 fully saturated rings. The molecule has 5 nitrogen and oxygen atoms in total. The molecule has 1 aromatic carbocycles. The van der Waals surface area contributed by atoms with E-state index >= 15 is 0 Å². The fraction of sp³-hybridized carbons (Fsp3) is 0.333. The summed E-state index contributed by atoms with van der Waals surface area (Å²) in [6.07, 6.45) is 0. The van der Waals surface area contributed by atoms with Crippen LogP contribution in [0.15, 0.2) is 22.6 Å². The molecule has 90 valence electrons. The lowest BCUT2D eigenvalue weighted by Gasteiger charge is -2.01. The highest BCUT2D eigenvalue weighted by Gasteiger charge is 2.12. The van der Waals surface area contributed by atoms with Crippen LogP contribution in [-0.2, 0) is 4.79 Å². The normalized spacial score (nSPS) is 10.8.